The first-order valence-corrected chi connectivity index (χ1v) is 16.9. The van der Waals surface area contributed by atoms with E-state index in [1.807, 2.05) is 0 Å². The van der Waals surface area contributed by atoms with Gasteiger partial charge in [0.15, 0.2) is 0 Å². The van der Waals surface area contributed by atoms with E-state index in [1.165, 1.54) is 25.7 Å². The molecule has 0 aromatic carbocycles. The predicted molar refractivity (Wildman–Crippen MR) is 181 cm³/mol. The van der Waals surface area contributed by atoms with Gasteiger partial charge in [-0.25, -0.2) is 0 Å². The fourth-order valence-corrected chi connectivity index (χ4v) is 4.48. The normalized spacial score (nSPS) is 13.2. The van der Waals surface area contributed by atoms with Crippen molar-refractivity contribution in [3.05, 3.63) is 72.9 Å². The zero-order chi connectivity index (χ0) is 30.8. The van der Waals surface area contributed by atoms with Crippen LogP contribution in [0.4, 0.5) is 0 Å². The molecule has 1 atom stereocenters. The van der Waals surface area contributed by atoms with Crippen LogP contribution < -0.4 is 0 Å². The molecule has 0 amide bonds. The number of carboxylic acid groups (broad SMARTS) is 1. The standard InChI is InChI=1S/C38H62O4/c1-3-5-7-9-10-11-12-13-14-15-16-17-18-19-20-21-22-23-24-26-31-35-38(41)42-36(32-28-25-8-6-4-2)33-29-27-30-34-37(39)40/h5,7,10-11,13-14,16-17,19-20,22-23,36H,3-4,6,8-9,12,15,18,21,24-35H2,1-2H3,(H,39,40)/b7-5-,11-10-,14-13-,17-16-,20-19-,23-22-. The van der Waals surface area contributed by atoms with E-state index in [1.54, 1.807) is 0 Å². The van der Waals surface area contributed by atoms with Crippen molar-refractivity contribution in [2.45, 2.75) is 155 Å². The van der Waals surface area contributed by atoms with Gasteiger partial charge in [0.25, 0.3) is 0 Å². The van der Waals surface area contributed by atoms with Crippen LogP contribution in [0.3, 0.4) is 0 Å². The number of ether oxygens (including phenoxy) is 1. The van der Waals surface area contributed by atoms with Crippen LogP contribution in [0.25, 0.3) is 0 Å². The van der Waals surface area contributed by atoms with E-state index in [9.17, 15) is 9.59 Å². The van der Waals surface area contributed by atoms with Crippen molar-refractivity contribution in [1.82, 2.24) is 0 Å². The maximum Gasteiger partial charge on any atom is 0.306 e. The number of allylic oxidation sites excluding steroid dienone is 12. The minimum atomic E-state index is -0.738. The Labute approximate surface area is 258 Å². The Hall–Kier alpha value is -2.62. The average molecular weight is 583 g/mol. The van der Waals surface area contributed by atoms with Crippen molar-refractivity contribution < 1.29 is 19.4 Å². The van der Waals surface area contributed by atoms with E-state index < -0.39 is 5.97 Å². The summed E-state index contributed by atoms with van der Waals surface area (Å²) in [5.74, 6) is -0.820. The van der Waals surface area contributed by atoms with Crippen molar-refractivity contribution in [2.24, 2.45) is 0 Å². The summed E-state index contributed by atoms with van der Waals surface area (Å²) in [6, 6.07) is 0. The van der Waals surface area contributed by atoms with Crippen molar-refractivity contribution in [3.8, 4) is 0 Å². The fraction of sp³-hybridized carbons (Fsp3) is 0.632. The number of carbonyl (C=O) groups excluding carboxylic acids is 1. The molecule has 0 saturated heterocycles. The molecule has 238 valence electrons. The molecule has 1 unspecified atom stereocenters. The number of unbranched alkanes of at least 4 members (excludes halogenated alkanes) is 8. The van der Waals surface area contributed by atoms with Crippen LogP contribution in [-0.4, -0.2) is 23.1 Å². The number of rotatable bonds is 29. The van der Waals surface area contributed by atoms with E-state index in [-0.39, 0.29) is 18.5 Å². The van der Waals surface area contributed by atoms with Crippen molar-refractivity contribution in [1.29, 1.82) is 0 Å². The summed E-state index contributed by atoms with van der Waals surface area (Å²) in [6.07, 6.45) is 46.3. The van der Waals surface area contributed by atoms with E-state index in [0.29, 0.717) is 12.8 Å². The maximum atomic E-state index is 12.4. The van der Waals surface area contributed by atoms with Crippen LogP contribution in [-0.2, 0) is 14.3 Å². The van der Waals surface area contributed by atoms with Gasteiger partial charge in [0.05, 0.1) is 0 Å². The number of carbonyl (C=O) groups is 2. The van der Waals surface area contributed by atoms with Crippen LogP contribution >= 0.6 is 0 Å². The Morgan fingerprint density at radius 1 is 0.548 bits per heavy atom. The van der Waals surface area contributed by atoms with Gasteiger partial charge < -0.3 is 9.84 Å². The van der Waals surface area contributed by atoms with Gasteiger partial charge in [0.2, 0.25) is 0 Å². The Bertz CT molecular complexity index is 800. The summed E-state index contributed by atoms with van der Waals surface area (Å²) in [5.41, 5.74) is 0. The lowest BCUT2D eigenvalue weighted by atomic mass is 10.0. The molecule has 0 bridgehead atoms. The second kappa shape index (κ2) is 32.9. The van der Waals surface area contributed by atoms with Crippen LogP contribution in [0.1, 0.15) is 149 Å². The molecule has 0 aromatic rings. The minimum absolute atomic E-state index is 0.0210. The van der Waals surface area contributed by atoms with Crippen LogP contribution in [0, 0.1) is 0 Å². The molecule has 0 aliphatic carbocycles. The second-order valence-electron chi connectivity index (χ2n) is 11.0. The lowest BCUT2D eigenvalue weighted by Gasteiger charge is -2.18. The predicted octanol–water partition coefficient (Wildman–Crippen LogP) is 11.6. The zero-order valence-electron chi connectivity index (χ0n) is 27.0. The molecule has 0 spiro atoms. The van der Waals surface area contributed by atoms with E-state index in [0.717, 1.165) is 89.9 Å². The molecule has 0 rings (SSSR count). The Morgan fingerprint density at radius 3 is 1.50 bits per heavy atom. The first-order valence-electron chi connectivity index (χ1n) is 16.9. The van der Waals surface area contributed by atoms with Crippen molar-refractivity contribution in [2.75, 3.05) is 0 Å². The van der Waals surface area contributed by atoms with Crippen LogP contribution in [0.5, 0.6) is 0 Å². The summed E-state index contributed by atoms with van der Waals surface area (Å²) in [4.78, 5) is 23.1. The van der Waals surface area contributed by atoms with Gasteiger partial charge in [0, 0.05) is 12.8 Å². The minimum Gasteiger partial charge on any atom is -0.481 e. The van der Waals surface area contributed by atoms with Crippen molar-refractivity contribution >= 4 is 11.9 Å². The van der Waals surface area contributed by atoms with Gasteiger partial charge in [-0.2, -0.15) is 0 Å². The van der Waals surface area contributed by atoms with E-state index in [2.05, 4.69) is 86.8 Å². The topological polar surface area (TPSA) is 63.6 Å². The summed E-state index contributed by atoms with van der Waals surface area (Å²) in [6.45, 7) is 4.37. The first kappa shape index (κ1) is 39.4. The SMILES string of the molecule is CC/C=C\C/C=C\C/C=C\C/C=C\C/C=C\C/C=C\CCCCC(=O)OC(CCCCCCC)CCCCCC(=O)O. The molecular weight excluding hydrogens is 520 g/mol. The highest BCUT2D eigenvalue weighted by molar-refractivity contribution is 5.69. The van der Waals surface area contributed by atoms with Gasteiger partial charge in [-0.3, -0.25) is 9.59 Å². The molecule has 0 radical (unpaired) electrons. The maximum absolute atomic E-state index is 12.4. The fourth-order valence-electron chi connectivity index (χ4n) is 4.48. The number of carboxylic acids is 1. The molecule has 42 heavy (non-hydrogen) atoms. The number of esters is 1. The molecule has 4 heteroatoms. The highest BCUT2D eigenvalue weighted by Gasteiger charge is 2.14. The van der Waals surface area contributed by atoms with Gasteiger partial charge >= 0.3 is 11.9 Å². The van der Waals surface area contributed by atoms with E-state index >= 15 is 0 Å². The molecule has 0 heterocycles. The van der Waals surface area contributed by atoms with Gasteiger partial charge in [-0.15, -0.1) is 0 Å². The quantitative estimate of drug-likeness (QED) is 0.0541. The number of hydrogen-bond acceptors (Lipinski definition) is 3. The van der Waals surface area contributed by atoms with Crippen LogP contribution in [0.2, 0.25) is 0 Å². The Kier molecular flexibility index (Phi) is 30.8. The summed E-state index contributed by atoms with van der Waals surface area (Å²) in [7, 11) is 0. The summed E-state index contributed by atoms with van der Waals surface area (Å²) >= 11 is 0. The monoisotopic (exact) mass is 582 g/mol. The molecule has 0 fully saturated rings. The van der Waals surface area contributed by atoms with Gasteiger partial charge in [-0.05, 0) is 89.9 Å². The van der Waals surface area contributed by atoms with Crippen molar-refractivity contribution in [3.63, 3.8) is 0 Å². The highest BCUT2D eigenvalue weighted by Crippen LogP contribution is 2.17. The summed E-state index contributed by atoms with van der Waals surface area (Å²) < 4.78 is 5.83. The lowest BCUT2D eigenvalue weighted by molar-refractivity contribution is -0.150. The molecule has 0 aromatic heterocycles. The van der Waals surface area contributed by atoms with Crippen LogP contribution in [0.15, 0.2) is 72.9 Å². The molecule has 4 nitrogen and oxygen atoms in total. The highest BCUT2D eigenvalue weighted by atomic mass is 16.5. The third-order valence-electron chi connectivity index (χ3n) is 6.94. The Morgan fingerprint density at radius 2 is 1.00 bits per heavy atom. The molecule has 0 aliphatic heterocycles. The number of aliphatic carboxylic acids is 1. The smallest absolute Gasteiger partial charge is 0.306 e. The van der Waals surface area contributed by atoms with Gasteiger partial charge in [-0.1, -0.05) is 119 Å². The third-order valence-corrected chi connectivity index (χ3v) is 6.94. The summed E-state index contributed by atoms with van der Waals surface area (Å²) in [5, 5.41) is 8.81. The zero-order valence-corrected chi connectivity index (χ0v) is 27.0. The largest absolute Gasteiger partial charge is 0.481 e. The number of hydrogen-bond donors (Lipinski definition) is 1. The third kappa shape index (κ3) is 31.9. The first-order chi connectivity index (χ1) is 20.6. The second-order valence-corrected chi connectivity index (χ2v) is 11.0. The molecule has 1 N–H and O–H groups in total. The average Bonchev–Trinajstić information content (AvgIpc) is 2.97. The lowest BCUT2D eigenvalue weighted by Crippen LogP contribution is -2.18. The van der Waals surface area contributed by atoms with Gasteiger partial charge in [0.1, 0.15) is 6.10 Å². The molecule has 0 aliphatic rings. The molecular formula is C38H62O4. The van der Waals surface area contributed by atoms with E-state index in [4.69, 9.17) is 9.84 Å². The molecule has 0 saturated carbocycles. The Balaban J connectivity index is 3.94.